The third kappa shape index (κ3) is 4.18. The molecule has 0 saturated heterocycles. The zero-order valence-electron chi connectivity index (χ0n) is 15.9. The Morgan fingerprint density at radius 2 is 1.96 bits per heavy atom. The molecule has 1 atom stereocenters. The van der Waals surface area contributed by atoms with Gasteiger partial charge < -0.3 is 14.9 Å². The fourth-order valence-corrected chi connectivity index (χ4v) is 3.84. The zero-order valence-corrected chi connectivity index (χ0v) is 15.9. The van der Waals surface area contributed by atoms with Gasteiger partial charge in [-0.15, -0.1) is 0 Å². The second-order valence-electron chi connectivity index (χ2n) is 8.54. The van der Waals surface area contributed by atoms with Gasteiger partial charge in [-0.1, -0.05) is 25.9 Å². The average molecular weight is 336 g/mol. The van der Waals surface area contributed by atoms with Crippen molar-refractivity contribution in [3.8, 4) is 0 Å². The van der Waals surface area contributed by atoms with Gasteiger partial charge in [0.05, 0.1) is 17.2 Å². The van der Waals surface area contributed by atoms with Gasteiger partial charge in [0.25, 0.3) is 0 Å². The summed E-state index contributed by atoms with van der Waals surface area (Å²) in [4.78, 5) is 12.5. The minimum absolute atomic E-state index is 0.0873. The number of rotatable bonds is 4. The van der Waals surface area contributed by atoms with Gasteiger partial charge in [-0.3, -0.25) is 4.79 Å². The van der Waals surface area contributed by atoms with E-state index in [2.05, 4.69) is 31.2 Å². The molecular formula is C19H32N2O3. The molecule has 1 heterocycles. The van der Waals surface area contributed by atoms with E-state index in [4.69, 9.17) is 4.52 Å². The number of hydrogen-bond donors (Lipinski definition) is 2. The first kappa shape index (κ1) is 19.0. The van der Waals surface area contributed by atoms with E-state index in [1.165, 1.54) is 0 Å². The van der Waals surface area contributed by atoms with E-state index in [0.29, 0.717) is 18.2 Å². The number of nitrogens with one attached hydrogen (secondary N) is 1. The van der Waals surface area contributed by atoms with Crippen LogP contribution in [-0.4, -0.2) is 28.3 Å². The van der Waals surface area contributed by atoms with Crippen LogP contribution in [0.1, 0.15) is 76.3 Å². The summed E-state index contributed by atoms with van der Waals surface area (Å²) >= 11 is 0. The van der Waals surface area contributed by atoms with Crippen molar-refractivity contribution in [2.24, 2.45) is 11.3 Å². The Bertz CT molecular complexity index is 558. The maximum atomic E-state index is 12.5. The minimum Gasteiger partial charge on any atom is -0.388 e. The Hall–Kier alpha value is -1.36. The van der Waals surface area contributed by atoms with Crippen molar-refractivity contribution in [1.82, 2.24) is 10.5 Å². The first-order chi connectivity index (χ1) is 11.0. The fourth-order valence-electron chi connectivity index (χ4n) is 3.84. The smallest absolute Gasteiger partial charge is 0.227 e. The summed E-state index contributed by atoms with van der Waals surface area (Å²) in [6.07, 6.45) is 3.51. The summed E-state index contributed by atoms with van der Waals surface area (Å²) in [6.45, 7) is 12.6. The molecule has 1 aliphatic rings. The third-order valence-corrected chi connectivity index (χ3v) is 5.65. The Labute approximate surface area is 145 Å². The summed E-state index contributed by atoms with van der Waals surface area (Å²) in [6, 6.07) is 0. The highest BCUT2D eigenvalue weighted by molar-refractivity contribution is 5.83. The Balaban J connectivity index is 1.90. The molecule has 136 valence electrons. The molecule has 24 heavy (non-hydrogen) atoms. The van der Waals surface area contributed by atoms with E-state index in [1.54, 1.807) is 0 Å². The SMILES string of the molecule is Cc1noc(C)c1C(C)C(=O)NCC1(O)CCC(C(C)(C)C)CC1. The summed E-state index contributed by atoms with van der Waals surface area (Å²) in [7, 11) is 0. The third-order valence-electron chi connectivity index (χ3n) is 5.65. The predicted octanol–water partition coefficient (Wildman–Crippen LogP) is 3.48. The number of carbonyl (C=O) groups excluding carboxylic acids is 1. The predicted molar refractivity (Wildman–Crippen MR) is 93.8 cm³/mol. The highest BCUT2D eigenvalue weighted by Crippen LogP contribution is 2.41. The van der Waals surface area contributed by atoms with Crippen molar-refractivity contribution in [1.29, 1.82) is 0 Å². The van der Waals surface area contributed by atoms with Crippen LogP contribution in [-0.2, 0) is 4.79 Å². The molecule has 1 saturated carbocycles. The van der Waals surface area contributed by atoms with E-state index in [0.717, 1.165) is 36.9 Å². The number of hydrogen-bond acceptors (Lipinski definition) is 4. The minimum atomic E-state index is -0.782. The Kier molecular flexibility index (Phi) is 5.43. The number of nitrogens with zero attached hydrogens (tertiary/aromatic N) is 1. The van der Waals surface area contributed by atoms with Crippen molar-refractivity contribution < 1.29 is 14.4 Å². The van der Waals surface area contributed by atoms with Crippen LogP contribution in [0.25, 0.3) is 0 Å². The number of carbonyl (C=O) groups is 1. The summed E-state index contributed by atoms with van der Waals surface area (Å²) in [5.74, 6) is 0.899. The van der Waals surface area contributed by atoms with Crippen molar-refractivity contribution in [3.05, 3.63) is 17.0 Å². The van der Waals surface area contributed by atoms with E-state index in [1.807, 2.05) is 20.8 Å². The second kappa shape index (κ2) is 6.87. The van der Waals surface area contributed by atoms with Gasteiger partial charge >= 0.3 is 0 Å². The maximum absolute atomic E-state index is 12.5. The van der Waals surface area contributed by atoms with Gasteiger partial charge in [-0.25, -0.2) is 0 Å². The normalized spacial score (nSPS) is 26.2. The Morgan fingerprint density at radius 1 is 1.38 bits per heavy atom. The molecular weight excluding hydrogens is 304 g/mol. The van der Waals surface area contributed by atoms with Crippen molar-refractivity contribution in [2.45, 2.75) is 78.7 Å². The summed E-state index contributed by atoms with van der Waals surface area (Å²) in [5, 5.41) is 17.6. The average Bonchev–Trinajstić information content (AvgIpc) is 2.83. The lowest BCUT2D eigenvalue weighted by Crippen LogP contribution is -2.47. The van der Waals surface area contributed by atoms with Crippen LogP contribution in [0.15, 0.2) is 4.52 Å². The molecule has 1 aromatic rings. The molecule has 2 rings (SSSR count). The molecule has 5 heteroatoms. The maximum Gasteiger partial charge on any atom is 0.227 e. The van der Waals surface area contributed by atoms with Crippen molar-refractivity contribution in [3.63, 3.8) is 0 Å². The molecule has 2 N–H and O–H groups in total. The van der Waals surface area contributed by atoms with Crippen molar-refractivity contribution in [2.75, 3.05) is 6.54 Å². The molecule has 0 spiro atoms. The number of aliphatic hydroxyl groups is 1. The van der Waals surface area contributed by atoms with Crippen LogP contribution in [0.2, 0.25) is 0 Å². The quantitative estimate of drug-likeness (QED) is 0.882. The molecule has 1 unspecified atom stereocenters. The lowest BCUT2D eigenvalue weighted by molar-refractivity contribution is -0.124. The van der Waals surface area contributed by atoms with E-state index >= 15 is 0 Å². The number of amides is 1. The number of aromatic nitrogens is 1. The van der Waals surface area contributed by atoms with Gasteiger partial charge in [-0.05, 0) is 57.8 Å². The highest BCUT2D eigenvalue weighted by atomic mass is 16.5. The zero-order chi connectivity index (χ0) is 18.1. The molecule has 1 aliphatic carbocycles. The van der Waals surface area contributed by atoms with Crippen LogP contribution in [0.4, 0.5) is 0 Å². The molecule has 0 radical (unpaired) electrons. The van der Waals surface area contributed by atoms with Gasteiger partial charge in [0, 0.05) is 12.1 Å². The van der Waals surface area contributed by atoms with E-state index in [9.17, 15) is 9.90 Å². The summed E-state index contributed by atoms with van der Waals surface area (Å²) < 4.78 is 5.15. The van der Waals surface area contributed by atoms with Crippen LogP contribution in [0, 0.1) is 25.2 Å². The molecule has 1 amide bonds. The van der Waals surface area contributed by atoms with Gasteiger partial charge in [-0.2, -0.15) is 0 Å². The molecule has 1 aromatic heterocycles. The fraction of sp³-hybridized carbons (Fsp3) is 0.789. The first-order valence-corrected chi connectivity index (χ1v) is 8.96. The first-order valence-electron chi connectivity index (χ1n) is 8.96. The van der Waals surface area contributed by atoms with Crippen LogP contribution in [0.3, 0.4) is 0 Å². The Morgan fingerprint density at radius 3 is 2.42 bits per heavy atom. The molecule has 5 nitrogen and oxygen atoms in total. The second-order valence-corrected chi connectivity index (χ2v) is 8.54. The topological polar surface area (TPSA) is 75.4 Å². The van der Waals surface area contributed by atoms with E-state index < -0.39 is 5.60 Å². The van der Waals surface area contributed by atoms with Gasteiger partial charge in [0.1, 0.15) is 5.76 Å². The standard InChI is InChI=1S/C19H32N2O3/c1-12(16-13(2)21-24-14(16)3)17(22)20-11-19(23)9-7-15(8-10-19)18(4,5)6/h12,15,23H,7-11H2,1-6H3,(H,20,22). The largest absolute Gasteiger partial charge is 0.388 e. The van der Waals surface area contributed by atoms with Crippen LogP contribution >= 0.6 is 0 Å². The molecule has 0 bridgehead atoms. The van der Waals surface area contributed by atoms with Crippen LogP contribution < -0.4 is 5.32 Å². The van der Waals surface area contributed by atoms with E-state index in [-0.39, 0.29) is 17.2 Å². The number of aryl methyl sites for hydroxylation is 2. The lowest BCUT2D eigenvalue weighted by atomic mass is 9.68. The summed E-state index contributed by atoms with van der Waals surface area (Å²) in [5.41, 5.74) is 1.09. The molecule has 0 aliphatic heterocycles. The lowest BCUT2D eigenvalue weighted by Gasteiger charge is -2.41. The van der Waals surface area contributed by atoms with Crippen LogP contribution in [0.5, 0.6) is 0 Å². The molecule has 1 fully saturated rings. The highest BCUT2D eigenvalue weighted by Gasteiger charge is 2.37. The van der Waals surface area contributed by atoms with Gasteiger partial charge in [0.15, 0.2) is 0 Å². The molecule has 0 aromatic carbocycles. The monoisotopic (exact) mass is 336 g/mol. The van der Waals surface area contributed by atoms with Gasteiger partial charge in [0.2, 0.25) is 5.91 Å². The van der Waals surface area contributed by atoms with Crippen molar-refractivity contribution >= 4 is 5.91 Å².